The van der Waals surface area contributed by atoms with Gasteiger partial charge in [0.05, 0.1) is 12.7 Å². The number of rotatable bonds is 3. The summed E-state index contributed by atoms with van der Waals surface area (Å²) < 4.78 is 5.05. The van der Waals surface area contributed by atoms with Crippen LogP contribution >= 0.6 is 0 Å². The van der Waals surface area contributed by atoms with Crippen molar-refractivity contribution in [2.45, 2.75) is 31.7 Å². The van der Waals surface area contributed by atoms with Crippen LogP contribution in [-0.4, -0.2) is 18.6 Å². The Hall–Kier alpha value is -1.71. The fourth-order valence-electron chi connectivity index (χ4n) is 2.05. The average Bonchev–Trinajstić information content (AvgIpc) is 2.26. The minimum absolute atomic E-state index is 0.0521. The van der Waals surface area contributed by atoms with Crippen molar-refractivity contribution in [1.82, 2.24) is 5.32 Å². The van der Waals surface area contributed by atoms with Crippen LogP contribution in [0.5, 0.6) is 5.75 Å². The monoisotopic (exact) mass is 234 g/mol. The van der Waals surface area contributed by atoms with E-state index in [1.54, 1.807) is 25.3 Å². The summed E-state index contributed by atoms with van der Waals surface area (Å²) in [7, 11) is 1.57. The van der Waals surface area contributed by atoms with E-state index in [0.717, 1.165) is 12.8 Å². The van der Waals surface area contributed by atoms with E-state index < -0.39 is 0 Å². The first kappa shape index (κ1) is 11.8. The van der Waals surface area contributed by atoms with Crippen molar-refractivity contribution in [3.05, 3.63) is 23.8 Å². The molecule has 1 aliphatic rings. The van der Waals surface area contributed by atoms with Gasteiger partial charge in [-0.15, -0.1) is 0 Å². The lowest BCUT2D eigenvalue weighted by atomic mass is 9.78. The van der Waals surface area contributed by atoms with E-state index in [9.17, 15) is 4.79 Å². The van der Waals surface area contributed by atoms with Crippen molar-refractivity contribution in [3.8, 4) is 5.75 Å². The van der Waals surface area contributed by atoms with Crippen LogP contribution in [0.25, 0.3) is 0 Å². The largest absolute Gasteiger partial charge is 0.497 e. The second-order valence-electron chi connectivity index (χ2n) is 4.82. The fourth-order valence-corrected chi connectivity index (χ4v) is 2.05. The van der Waals surface area contributed by atoms with Gasteiger partial charge in [0.2, 0.25) is 0 Å². The molecule has 0 unspecified atom stereocenters. The van der Waals surface area contributed by atoms with Crippen molar-refractivity contribution in [2.75, 3.05) is 12.8 Å². The van der Waals surface area contributed by atoms with Crippen LogP contribution in [0.2, 0.25) is 0 Å². The number of benzene rings is 1. The summed E-state index contributed by atoms with van der Waals surface area (Å²) in [5, 5.41) is 3.03. The Morgan fingerprint density at radius 1 is 1.47 bits per heavy atom. The molecule has 1 aliphatic carbocycles. The van der Waals surface area contributed by atoms with E-state index in [-0.39, 0.29) is 11.4 Å². The number of carbonyl (C=O) groups excluding carboxylic acids is 1. The van der Waals surface area contributed by atoms with E-state index in [1.165, 1.54) is 6.42 Å². The van der Waals surface area contributed by atoms with E-state index in [0.29, 0.717) is 17.0 Å². The van der Waals surface area contributed by atoms with E-state index in [4.69, 9.17) is 10.5 Å². The summed E-state index contributed by atoms with van der Waals surface area (Å²) in [4.78, 5) is 12.0. The van der Waals surface area contributed by atoms with E-state index in [1.807, 2.05) is 0 Å². The molecule has 4 heteroatoms. The molecule has 0 atom stereocenters. The lowest BCUT2D eigenvalue weighted by Gasteiger charge is -2.39. The summed E-state index contributed by atoms with van der Waals surface area (Å²) in [5.41, 5.74) is 6.74. The number of carbonyl (C=O) groups is 1. The van der Waals surface area contributed by atoms with Gasteiger partial charge in [0.15, 0.2) is 0 Å². The van der Waals surface area contributed by atoms with Crippen LogP contribution < -0.4 is 15.8 Å². The van der Waals surface area contributed by atoms with Gasteiger partial charge in [-0.1, -0.05) is 0 Å². The van der Waals surface area contributed by atoms with Gasteiger partial charge < -0.3 is 15.8 Å². The number of ether oxygens (including phenoxy) is 1. The average molecular weight is 234 g/mol. The quantitative estimate of drug-likeness (QED) is 0.786. The molecule has 1 fully saturated rings. The smallest absolute Gasteiger partial charge is 0.253 e. The summed E-state index contributed by atoms with van der Waals surface area (Å²) in [6, 6.07) is 5.11. The Balaban J connectivity index is 2.13. The summed E-state index contributed by atoms with van der Waals surface area (Å²) in [6.45, 7) is 2.06. The minimum Gasteiger partial charge on any atom is -0.497 e. The SMILES string of the molecule is COc1ccc(C(=O)NC2(C)CCC2)c(N)c1. The van der Waals surface area contributed by atoms with Gasteiger partial charge in [0.25, 0.3) is 5.91 Å². The van der Waals surface area contributed by atoms with Crippen molar-refractivity contribution < 1.29 is 9.53 Å². The second kappa shape index (κ2) is 4.28. The van der Waals surface area contributed by atoms with Gasteiger partial charge in [-0.05, 0) is 38.3 Å². The maximum atomic E-state index is 12.0. The number of nitrogens with two attached hydrogens (primary N) is 1. The van der Waals surface area contributed by atoms with Gasteiger partial charge >= 0.3 is 0 Å². The summed E-state index contributed by atoms with van der Waals surface area (Å²) in [6.07, 6.45) is 3.25. The number of nitrogen functional groups attached to an aromatic ring is 1. The number of nitrogens with one attached hydrogen (secondary N) is 1. The Bertz CT molecular complexity index is 439. The van der Waals surface area contributed by atoms with E-state index >= 15 is 0 Å². The van der Waals surface area contributed by atoms with Gasteiger partial charge in [-0.2, -0.15) is 0 Å². The highest BCUT2D eigenvalue weighted by molar-refractivity contribution is 5.99. The van der Waals surface area contributed by atoms with Gasteiger partial charge in [0.1, 0.15) is 5.75 Å². The highest BCUT2D eigenvalue weighted by Crippen LogP contribution is 2.31. The molecule has 1 aromatic rings. The number of hydrogen-bond donors (Lipinski definition) is 2. The Kier molecular flexibility index (Phi) is 2.96. The number of anilines is 1. The topological polar surface area (TPSA) is 64.3 Å². The first-order valence-electron chi connectivity index (χ1n) is 5.80. The zero-order valence-corrected chi connectivity index (χ0v) is 10.2. The number of amides is 1. The molecular formula is C13H18N2O2. The van der Waals surface area contributed by atoms with Crippen molar-refractivity contribution in [3.63, 3.8) is 0 Å². The van der Waals surface area contributed by atoms with Crippen LogP contribution in [-0.2, 0) is 0 Å². The standard InChI is InChI=1S/C13H18N2O2/c1-13(6-3-7-13)15-12(16)10-5-4-9(17-2)8-11(10)14/h4-5,8H,3,6-7,14H2,1-2H3,(H,15,16). The molecule has 17 heavy (non-hydrogen) atoms. The lowest BCUT2D eigenvalue weighted by Crippen LogP contribution is -2.51. The molecular weight excluding hydrogens is 216 g/mol. The van der Waals surface area contributed by atoms with Crippen LogP contribution in [0.1, 0.15) is 36.5 Å². The molecule has 1 saturated carbocycles. The second-order valence-corrected chi connectivity index (χ2v) is 4.82. The molecule has 0 aromatic heterocycles. The van der Waals surface area contributed by atoms with Crippen LogP contribution in [0, 0.1) is 0 Å². The zero-order chi connectivity index (χ0) is 12.5. The first-order chi connectivity index (χ1) is 8.04. The third-order valence-electron chi connectivity index (χ3n) is 3.38. The van der Waals surface area contributed by atoms with Gasteiger partial charge in [-0.3, -0.25) is 4.79 Å². The maximum Gasteiger partial charge on any atom is 0.253 e. The molecule has 2 rings (SSSR count). The van der Waals surface area contributed by atoms with Crippen molar-refractivity contribution in [1.29, 1.82) is 0 Å². The first-order valence-corrected chi connectivity index (χ1v) is 5.80. The van der Waals surface area contributed by atoms with Gasteiger partial charge in [0, 0.05) is 17.3 Å². The number of methoxy groups -OCH3 is 1. The molecule has 0 heterocycles. The molecule has 0 spiro atoms. The van der Waals surface area contributed by atoms with Crippen molar-refractivity contribution in [2.24, 2.45) is 0 Å². The fraction of sp³-hybridized carbons (Fsp3) is 0.462. The van der Waals surface area contributed by atoms with Crippen LogP contribution in [0.15, 0.2) is 18.2 Å². The molecule has 0 saturated heterocycles. The Morgan fingerprint density at radius 3 is 2.65 bits per heavy atom. The summed E-state index contributed by atoms with van der Waals surface area (Å²) in [5.74, 6) is 0.557. The molecule has 0 bridgehead atoms. The molecule has 1 amide bonds. The lowest BCUT2D eigenvalue weighted by molar-refractivity contribution is 0.0851. The Labute approximate surface area is 101 Å². The molecule has 92 valence electrons. The Morgan fingerprint density at radius 2 is 2.18 bits per heavy atom. The highest BCUT2D eigenvalue weighted by Gasteiger charge is 2.33. The molecule has 0 radical (unpaired) electrons. The predicted molar refractivity (Wildman–Crippen MR) is 67.1 cm³/mol. The molecule has 0 aliphatic heterocycles. The minimum atomic E-state index is -0.104. The highest BCUT2D eigenvalue weighted by atomic mass is 16.5. The van der Waals surface area contributed by atoms with Crippen molar-refractivity contribution >= 4 is 11.6 Å². The maximum absolute atomic E-state index is 12.0. The third kappa shape index (κ3) is 2.35. The van der Waals surface area contributed by atoms with Gasteiger partial charge in [-0.25, -0.2) is 0 Å². The summed E-state index contributed by atoms with van der Waals surface area (Å²) >= 11 is 0. The van der Waals surface area contributed by atoms with Crippen LogP contribution in [0.3, 0.4) is 0 Å². The molecule has 4 nitrogen and oxygen atoms in total. The third-order valence-corrected chi connectivity index (χ3v) is 3.38. The number of hydrogen-bond acceptors (Lipinski definition) is 3. The molecule has 3 N–H and O–H groups in total. The van der Waals surface area contributed by atoms with E-state index in [2.05, 4.69) is 12.2 Å². The normalized spacial score (nSPS) is 17.1. The predicted octanol–water partition coefficient (Wildman–Crippen LogP) is 1.95. The zero-order valence-electron chi connectivity index (χ0n) is 10.2. The molecule has 1 aromatic carbocycles. The van der Waals surface area contributed by atoms with Crippen LogP contribution in [0.4, 0.5) is 5.69 Å².